The van der Waals surface area contributed by atoms with Gasteiger partial charge in [0.25, 0.3) is 0 Å². The molecule has 2 aliphatic rings. The van der Waals surface area contributed by atoms with E-state index in [0.29, 0.717) is 29.4 Å². The molecule has 0 aromatic heterocycles. The van der Waals surface area contributed by atoms with Gasteiger partial charge >= 0.3 is 15.6 Å². The van der Waals surface area contributed by atoms with Gasteiger partial charge in [-0.2, -0.15) is 0 Å². The molecular weight excluding hydrogens is 919 g/mol. The molecule has 0 radical (unpaired) electrons. The first-order chi connectivity index (χ1) is 30.7. The Morgan fingerprint density at radius 3 is 0.913 bits per heavy atom. The van der Waals surface area contributed by atoms with E-state index in [9.17, 15) is 14.0 Å². The molecule has 0 aliphatic carbocycles. The van der Waals surface area contributed by atoms with Crippen LogP contribution in [-0.4, -0.2) is 12.0 Å². The molecular formula is C58H86O8P2S. The first kappa shape index (κ1) is 56.7. The molecule has 0 atom stereocenters. The summed E-state index contributed by atoms with van der Waals surface area (Å²) in [5.74, 6) is 2.08. The molecule has 0 saturated carbocycles. The van der Waals surface area contributed by atoms with Crippen molar-refractivity contribution in [2.75, 3.05) is 7.11 Å². The monoisotopic (exact) mass is 1000 g/mol. The third-order valence-electron chi connectivity index (χ3n) is 12.8. The third-order valence-corrected chi connectivity index (χ3v) is 15.9. The molecule has 0 amide bonds. The van der Waals surface area contributed by atoms with Gasteiger partial charge in [0.05, 0.1) is 9.79 Å². The van der Waals surface area contributed by atoms with E-state index in [-0.39, 0.29) is 43.3 Å². The van der Waals surface area contributed by atoms with Gasteiger partial charge in [0.2, 0.25) is 0 Å². The maximum absolute atomic E-state index is 13.9. The molecule has 4 aromatic rings. The average Bonchev–Trinajstić information content (AvgIpc) is 3.12. The van der Waals surface area contributed by atoms with Crippen molar-refractivity contribution in [3.05, 3.63) is 104 Å². The summed E-state index contributed by atoms with van der Waals surface area (Å²) in [6, 6.07) is 17.2. The molecule has 1 N–H and O–H groups in total. The number of phosphoric ester groups is 2. The molecule has 0 unspecified atom stereocenters. The van der Waals surface area contributed by atoms with E-state index in [4.69, 9.17) is 22.6 Å². The molecule has 0 spiro atoms. The van der Waals surface area contributed by atoms with E-state index in [1.165, 1.54) is 29.4 Å². The van der Waals surface area contributed by atoms with Gasteiger partial charge in [0.15, 0.2) is 0 Å². The van der Waals surface area contributed by atoms with Gasteiger partial charge in [0, 0.05) is 35.8 Å². The predicted octanol–water partition coefficient (Wildman–Crippen LogP) is 17.9. The summed E-state index contributed by atoms with van der Waals surface area (Å²) in [6.07, 6.45) is 0.560. The summed E-state index contributed by atoms with van der Waals surface area (Å²) >= 11 is 1.62. The first-order valence-corrected chi connectivity index (χ1v) is 28.2. The smallest absolute Gasteiger partial charge is 0.395 e. The minimum Gasteiger partial charge on any atom is -0.395 e. The van der Waals surface area contributed by atoms with E-state index < -0.39 is 15.6 Å². The summed E-state index contributed by atoms with van der Waals surface area (Å²) in [5, 5.41) is 0. The molecule has 4 aromatic carbocycles. The van der Waals surface area contributed by atoms with Crippen LogP contribution in [0.1, 0.15) is 222 Å². The quantitative estimate of drug-likeness (QED) is 0.187. The number of fused-ring (bicyclic) bond motifs is 4. The molecule has 0 fully saturated rings. The van der Waals surface area contributed by atoms with Crippen LogP contribution in [0.3, 0.4) is 0 Å². The highest BCUT2D eigenvalue weighted by atomic mass is 32.2. The first-order valence-electron chi connectivity index (χ1n) is 24.4. The molecule has 6 rings (SSSR count). The van der Waals surface area contributed by atoms with Crippen LogP contribution in [0.15, 0.2) is 58.3 Å². The lowest BCUT2D eigenvalue weighted by Gasteiger charge is -2.34. The Hall–Kier alpha value is -3.19. The summed E-state index contributed by atoms with van der Waals surface area (Å²) in [6.45, 7) is 51.9. The Balaban J connectivity index is 0.000000258. The van der Waals surface area contributed by atoms with E-state index in [0.717, 1.165) is 43.2 Å². The molecule has 382 valence electrons. The molecule has 0 saturated heterocycles. The van der Waals surface area contributed by atoms with Crippen molar-refractivity contribution in [3.63, 3.8) is 0 Å². The van der Waals surface area contributed by atoms with E-state index in [1.807, 2.05) is 0 Å². The summed E-state index contributed by atoms with van der Waals surface area (Å²) < 4.78 is 56.9. The van der Waals surface area contributed by atoms with Gasteiger partial charge in [-0.05, 0) is 88.8 Å². The zero-order valence-electron chi connectivity index (χ0n) is 46.9. The zero-order valence-corrected chi connectivity index (χ0v) is 49.5. The van der Waals surface area contributed by atoms with Gasteiger partial charge < -0.3 is 18.1 Å². The van der Waals surface area contributed by atoms with Crippen molar-refractivity contribution < 1.29 is 36.6 Å². The second kappa shape index (κ2) is 18.4. The van der Waals surface area contributed by atoms with Crippen molar-refractivity contribution in [2.45, 2.75) is 226 Å². The highest BCUT2D eigenvalue weighted by Gasteiger charge is 2.41. The minimum atomic E-state index is -4.43. The van der Waals surface area contributed by atoms with Crippen LogP contribution < -0.4 is 18.1 Å². The Labute approximate surface area is 422 Å². The lowest BCUT2D eigenvalue weighted by atomic mass is 9.76. The third kappa shape index (κ3) is 13.1. The van der Waals surface area contributed by atoms with Crippen molar-refractivity contribution >= 4 is 27.4 Å². The maximum atomic E-state index is 13.9. The summed E-state index contributed by atoms with van der Waals surface area (Å²) in [7, 11) is -6.99. The second-order valence-electron chi connectivity index (χ2n) is 27.5. The predicted molar refractivity (Wildman–Crippen MR) is 289 cm³/mol. The Morgan fingerprint density at radius 1 is 0.406 bits per heavy atom. The fraction of sp³-hybridized carbons (Fsp3) is 0.586. The van der Waals surface area contributed by atoms with Crippen LogP contribution in [-0.2, 0) is 63.4 Å². The average molecular weight is 1010 g/mol. The zero-order chi connectivity index (χ0) is 52.8. The van der Waals surface area contributed by atoms with Crippen molar-refractivity contribution in [1.82, 2.24) is 0 Å². The van der Waals surface area contributed by atoms with Crippen LogP contribution in [0.25, 0.3) is 0 Å². The highest BCUT2D eigenvalue weighted by Crippen LogP contribution is 2.61. The largest absolute Gasteiger partial charge is 0.587 e. The summed E-state index contributed by atoms with van der Waals surface area (Å²) in [4.78, 5) is 12.8. The number of hydrogen-bond acceptors (Lipinski definition) is 8. The van der Waals surface area contributed by atoms with Gasteiger partial charge in [-0.25, -0.2) is 9.13 Å². The van der Waals surface area contributed by atoms with Crippen LogP contribution in [0.5, 0.6) is 23.0 Å². The van der Waals surface area contributed by atoms with Gasteiger partial charge in [-0.15, -0.1) is 0 Å². The fourth-order valence-electron chi connectivity index (χ4n) is 8.25. The maximum Gasteiger partial charge on any atom is 0.587 e. The number of benzene rings is 4. The van der Waals surface area contributed by atoms with Crippen LogP contribution in [0, 0.1) is 0 Å². The molecule has 11 heteroatoms. The molecule has 69 heavy (non-hydrogen) atoms. The van der Waals surface area contributed by atoms with Gasteiger partial charge in [0.1, 0.15) is 23.0 Å². The molecule has 2 heterocycles. The molecule has 8 nitrogen and oxygen atoms in total. The Morgan fingerprint density at radius 2 is 0.667 bits per heavy atom. The van der Waals surface area contributed by atoms with Gasteiger partial charge in [-0.3, -0.25) is 9.42 Å². The Kier molecular flexibility index (Phi) is 15.1. The van der Waals surface area contributed by atoms with Crippen molar-refractivity contribution in [2.24, 2.45) is 0 Å². The number of rotatable bonds is 1. The second-order valence-corrected chi connectivity index (χ2v) is 31.5. The minimum absolute atomic E-state index is 0.0634. The topological polar surface area (TPSA) is 101 Å². The molecule has 2 aliphatic heterocycles. The lowest BCUT2D eigenvalue weighted by molar-refractivity contribution is 0.242. The lowest BCUT2D eigenvalue weighted by Crippen LogP contribution is -2.22. The van der Waals surface area contributed by atoms with Crippen molar-refractivity contribution in [1.29, 1.82) is 0 Å². The van der Waals surface area contributed by atoms with E-state index in [1.54, 1.807) is 11.8 Å². The normalized spacial score (nSPS) is 16.4. The standard InChI is InChI=1S/C29H43O4PS.C29H43O4P/c1-26(2,3)18-14-20(28(7,8)9)24-22(16-18)35-23-17-19(27(4,5)6)15-21(29(10,11)12)25(23)33-34(30,31-13)32-24;1-26(2,3)20-14-18-13-19-15-21(27(4,5)6)17-23(29(10,11)12)25(19)33-34(30,31)32-24(18)22(16-20)28(7,8)9/h14-17H,1-13H3;14-17H,13H2,1-12H3,(H,30,31). The van der Waals surface area contributed by atoms with E-state index in [2.05, 4.69) is 215 Å². The van der Waals surface area contributed by atoms with Gasteiger partial charge in [-0.1, -0.05) is 214 Å². The van der Waals surface area contributed by atoms with E-state index >= 15 is 0 Å². The van der Waals surface area contributed by atoms with Crippen LogP contribution in [0.2, 0.25) is 0 Å². The number of phosphoric acid groups is 2. The SMILES string of the molecule is CC(C)(C)c1cc2c(c(C(C)(C)C)c1)OP(=O)(O)Oc1c(cc(C(C)(C)C)cc1C(C)(C)C)C2.COP1(=O)Oc2c(cc(C(C)(C)C)cc2C(C)(C)C)Sc2cc(C(C)(C)C)cc(C(C)(C)C)c2O1. The van der Waals surface area contributed by atoms with Crippen LogP contribution >= 0.6 is 27.4 Å². The summed E-state index contributed by atoms with van der Waals surface area (Å²) in [5.41, 5.74) is 9.08. The fourth-order valence-corrected chi connectivity index (χ4v) is 11.4. The molecule has 0 bridgehead atoms. The Bertz CT molecular complexity index is 2520. The number of hydrogen-bond donors (Lipinski definition) is 1. The van der Waals surface area contributed by atoms with Crippen molar-refractivity contribution in [3.8, 4) is 23.0 Å². The highest BCUT2D eigenvalue weighted by molar-refractivity contribution is 7.99. The van der Waals surface area contributed by atoms with Crippen LogP contribution in [0.4, 0.5) is 0 Å².